The van der Waals surface area contributed by atoms with Gasteiger partial charge in [0.2, 0.25) is 0 Å². The number of aliphatic hydroxyl groups is 1. The maximum atomic E-state index is 10.5. The number of Topliss-reactive ketones (excluding diaryl/α,β-unsaturated/α-hetero) is 1. The molecule has 0 saturated heterocycles. The van der Waals surface area contributed by atoms with Crippen molar-refractivity contribution in [3.8, 4) is 0 Å². The van der Waals surface area contributed by atoms with Crippen LogP contribution in [0.1, 0.15) is 85.5 Å². The van der Waals surface area contributed by atoms with E-state index in [4.69, 9.17) is 0 Å². The van der Waals surface area contributed by atoms with Gasteiger partial charge in [0.25, 0.3) is 0 Å². The number of aliphatic hydroxyl groups excluding tert-OH is 1. The highest BCUT2D eigenvalue weighted by molar-refractivity contribution is 5.87. The Hall–Kier alpha value is -1.00. The second kappa shape index (κ2) is 20.0. The Morgan fingerprint density at radius 3 is 2.00 bits per heavy atom. The molecule has 0 rings (SSSR count). The first kappa shape index (κ1) is 25.9. The first-order valence-electron chi connectivity index (χ1n) is 8.28. The Kier molecular flexibility index (Phi) is 23.6. The SMILES string of the molecule is CCCCC/C=C/C(C)=O.CCCCCC(O)CC(C)=O.O. The molecule has 1 atom stereocenters. The van der Waals surface area contributed by atoms with E-state index < -0.39 is 6.10 Å². The highest BCUT2D eigenvalue weighted by Gasteiger charge is 2.05. The number of rotatable bonds is 11. The average molecular weight is 316 g/mol. The molecule has 3 N–H and O–H groups in total. The number of carbonyl (C=O) groups is 2. The van der Waals surface area contributed by atoms with Crippen molar-refractivity contribution in [3.05, 3.63) is 12.2 Å². The van der Waals surface area contributed by atoms with Crippen LogP contribution in [0.15, 0.2) is 12.2 Å². The van der Waals surface area contributed by atoms with Crippen LogP contribution in [0.5, 0.6) is 0 Å². The van der Waals surface area contributed by atoms with E-state index in [9.17, 15) is 14.7 Å². The van der Waals surface area contributed by atoms with E-state index in [0.717, 1.165) is 32.1 Å². The zero-order valence-corrected chi connectivity index (χ0v) is 14.9. The zero-order valence-electron chi connectivity index (χ0n) is 14.9. The van der Waals surface area contributed by atoms with Crippen molar-refractivity contribution in [2.24, 2.45) is 0 Å². The summed E-state index contributed by atoms with van der Waals surface area (Å²) in [6, 6.07) is 0. The number of hydrogen-bond acceptors (Lipinski definition) is 3. The van der Waals surface area contributed by atoms with Crippen molar-refractivity contribution in [1.29, 1.82) is 0 Å². The molecule has 1 unspecified atom stereocenters. The average Bonchev–Trinajstić information content (AvgIpc) is 2.38. The molecule has 0 heterocycles. The number of carbonyl (C=O) groups excluding carboxylic acids is 2. The predicted molar refractivity (Wildman–Crippen MR) is 93.0 cm³/mol. The van der Waals surface area contributed by atoms with E-state index in [0.29, 0.717) is 6.42 Å². The quantitative estimate of drug-likeness (QED) is 0.464. The molecule has 0 amide bonds. The number of allylic oxidation sites excluding steroid dienone is 2. The van der Waals surface area contributed by atoms with Gasteiger partial charge >= 0.3 is 0 Å². The Morgan fingerprint density at radius 1 is 1.00 bits per heavy atom. The summed E-state index contributed by atoms with van der Waals surface area (Å²) in [5, 5.41) is 9.23. The van der Waals surface area contributed by atoms with Crippen molar-refractivity contribution in [3.63, 3.8) is 0 Å². The van der Waals surface area contributed by atoms with Gasteiger partial charge in [-0.2, -0.15) is 0 Å². The molecule has 4 nitrogen and oxygen atoms in total. The first-order valence-corrected chi connectivity index (χ1v) is 8.28. The van der Waals surface area contributed by atoms with Crippen LogP contribution in [0.4, 0.5) is 0 Å². The molecular weight excluding hydrogens is 280 g/mol. The van der Waals surface area contributed by atoms with Crippen LogP contribution in [-0.4, -0.2) is 28.3 Å². The summed E-state index contributed by atoms with van der Waals surface area (Å²) >= 11 is 0. The molecule has 0 aromatic heterocycles. The van der Waals surface area contributed by atoms with Crippen molar-refractivity contribution >= 4 is 11.6 Å². The number of hydrogen-bond donors (Lipinski definition) is 1. The molecule has 0 bridgehead atoms. The lowest BCUT2D eigenvalue weighted by molar-refractivity contribution is -0.119. The van der Waals surface area contributed by atoms with E-state index in [1.165, 1.54) is 26.2 Å². The lowest BCUT2D eigenvalue weighted by atomic mass is 10.1. The highest BCUT2D eigenvalue weighted by atomic mass is 16.3. The lowest BCUT2D eigenvalue weighted by Crippen LogP contribution is -2.10. The van der Waals surface area contributed by atoms with Gasteiger partial charge in [0.05, 0.1) is 6.10 Å². The highest BCUT2D eigenvalue weighted by Crippen LogP contribution is 2.06. The summed E-state index contributed by atoms with van der Waals surface area (Å²) in [7, 11) is 0. The van der Waals surface area contributed by atoms with Gasteiger partial charge in [0.15, 0.2) is 5.78 Å². The molecule has 0 aromatic carbocycles. The molecule has 0 aliphatic carbocycles. The van der Waals surface area contributed by atoms with Gasteiger partial charge in [0, 0.05) is 6.42 Å². The topological polar surface area (TPSA) is 85.9 Å². The van der Waals surface area contributed by atoms with E-state index in [1.807, 2.05) is 6.08 Å². The molecular formula is C18H36O4. The Morgan fingerprint density at radius 2 is 1.55 bits per heavy atom. The summed E-state index contributed by atoms with van der Waals surface area (Å²) in [4.78, 5) is 20.9. The van der Waals surface area contributed by atoms with E-state index in [-0.39, 0.29) is 17.0 Å². The predicted octanol–water partition coefficient (Wildman–Crippen LogP) is 3.79. The van der Waals surface area contributed by atoms with Gasteiger partial charge in [-0.3, -0.25) is 9.59 Å². The number of unbranched alkanes of at least 4 members (excludes halogenated alkanes) is 5. The molecule has 0 aliphatic heterocycles. The minimum atomic E-state index is -0.404. The summed E-state index contributed by atoms with van der Waals surface area (Å²) in [5.41, 5.74) is 0. The van der Waals surface area contributed by atoms with Crippen molar-refractivity contribution in [2.75, 3.05) is 0 Å². The summed E-state index contributed by atoms with van der Waals surface area (Å²) in [6.07, 6.45) is 12.4. The van der Waals surface area contributed by atoms with Gasteiger partial charge < -0.3 is 10.6 Å². The first-order chi connectivity index (χ1) is 9.93. The molecule has 22 heavy (non-hydrogen) atoms. The van der Waals surface area contributed by atoms with E-state index in [2.05, 4.69) is 13.8 Å². The largest absolute Gasteiger partial charge is 0.412 e. The standard InChI is InChI=1S/C9H18O2.C9H16O.H2O/c1-3-4-5-6-9(11)7-8(2)10;1-3-4-5-6-7-8-9(2)10;/h9,11H,3-7H2,1-2H3;7-8H,3-6H2,1-2H3;1H2/b;8-7+;. The van der Waals surface area contributed by atoms with Crippen LogP contribution in [0, 0.1) is 0 Å². The fraction of sp³-hybridized carbons (Fsp3) is 0.778. The fourth-order valence-corrected chi connectivity index (χ4v) is 1.83. The van der Waals surface area contributed by atoms with Gasteiger partial charge in [0.1, 0.15) is 5.78 Å². The van der Waals surface area contributed by atoms with Crippen LogP contribution >= 0.6 is 0 Å². The molecule has 4 heteroatoms. The third-order valence-corrected chi connectivity index (χ3v) is 2.99. The van der Waals surface area contributed by atoms with Crippen LogP contribution < -0.4 is 0 Å². The van der Waals surface area contributed by atoms with Crippen LogP contribution in [-0.2, 0) is 9.59 Å². The van der Waals surface area contributed by atoms with Crippen LogP contribution in [0.2, 0.25) is 0 Å². The maximum absolute atomic E-state index is 10.5. The normalized spacial score (nSPS) is 11.3. The second-order valence-electron chi connectivity index (χ2n) is 5.56. The summed E-state index contributed by atoms with van der Waals surface area (Å²) < 4.78 is 0. The smallest absolute Gasteiger partial charge is 0.152 e. The Labute approximate surface area is 136 Å². The molecule has 0 saturated carbocycles. The summed E-state index contributed by atoms with van der Waals surface area (Å²) in [6.45, 7) is 7.39. The molecule has 0 spiro atoms. The maximum Gasteiger partial charge on any atom is 0.152 e. The Bertz CT molecular complexity index is 285. The van der Waals surface area contributed by atoms with Gasteiger partial charge in [-0.15, -0.1) is 0 Å². The van der Waals surface area contributed by atoms with Crippen molar-refractivity contribution in [2.45, 2.75) is 91.6 Å². The fourth-order valence-electron chi connectivity index (χ4n) is 1.83. The third-order valence-electron chi connectivity index (χ3n) is 2.99. The van der Waals surface area contributed by atoms with Crippen LogP contribution in [0.25, 0.3) is 0 Å². The van der Waals surface area contributed by atoms with E-state index in [1.54, 1.807) is 13.0 Å². The van der Waals surface area contributed by atoms with Crippen molar-refractivity contribution in [1.82, 2.24) is 0 Å². The number of ketones is 2. The molecule has 132 valence electrons. The Balaban J connectivity index is -0.000000315. The molecule has 0 aliphatic rings. The monoisotopic (exact) mass is 316 g/mol. The molecule has 0 fully saturated rings. The minimum absolute atomic E-state index is 0. The van der Waals surface area contributed by atoms with Gasteiger partial charge in [-0.1, -0.05) is 52.0 Å². The zero-order chi connectivity index (χ0) is 16.5. The second-order valence-corrected chi connectivity index (χ2v) is 5.56. The third kappa shape index (κ3) is 27.4. The van der Waals surface area contributed by atoms with Crippen LogP contribution in [0.3, 0.4) is 0 Å². The minimum Gasteiger partial charge on any atom is -0.412 e. The van der Waals surface area contributed by atoms with Gasteiger partial charge in [-0.05, 0) is 39.2 Å². The van der Waals surface area contributed by atoms with E-state index >= 15 is 0 Å². The van der Waals surface area contributed by atoms with Crippen molar-refractivity contribution < 1.29 is 20.2 Å². The lowest BCUT2D eigenvalue weighted by Gasteiger charge is -2.06. The summed E-state index contributed by atoms with van der Waals surface area (Å²) in [5.74, 6) is 0.227. The van der Waals surface area contributed by atoms with Gasteiger partial charge in [-0.25, -0.2) is 0 Å². The molecule has 0 aromatic rings. The molecule has 0 radical (unpaired) electrons.